The molecule has 0 saturated heterocycles. The lowest BCUT2D eigenvalue weighted by molar-refractivity contribution is 0.355. The third-order valence-electron chi connectivity index (χ3n) is 2.86. The standard InChI is InChI=1S/C14H16N6O2S/c1-9(10-4-5-11(21-2)12(8-10)22-3)17-18-13-16-14(20-19-13)23-7-6-15/h4-5,8H,7H2,1-3H3,(H2,16,18,19,20). The highest BCUT2D eigenvalue weighted by atomic mass is 32.2. The Morgan fingerprint density at radius 2 is 2.17 bits per heavy atom. The average molecular weight is 332 g/mol. The van der Waals surface area contributed by atoms with Crippen molar-refractivity contribution in [3.8, 4) is 17.6 Å². The largest absolute Gasteiger partial charge is 0.493 e. The molecule has 2 aromatic rings. The number of nitrogens with one attached hydrogen (secondary N) is 2. The van der Waals surface area contributed by atoms with Crippen LogP contribution >= 0.6 is 11.8 Å². The maximum atomic E-state index is 8.52. The Hall–Kier alpha value is -2.73. The second-order valence-corrected chi connectivity index (χ2v) is 5.23. The number of methoxy groups -OCH3 is 2. The van der Waals surface area contributed by atoms with Gasteiger partial charge in [0.1, 0.15) is 0 Å². The van der Waals surface area contributed by atoms with Crippen molar-refractivity contribution in [2.75, 3.05) is 25.4 Å². The van der Waals surface area contributed by atoms with Gasteiger partial charge in [-0.25, -0.2) is 10.5 Å². The molecule has 1 aromatic carbocycles. The molecule has 1 aromatic heterocycles. The molecule has 0 bridgehead atoms. The number of aromatic amines is 1. The van der Waals surface area contributed by atoms with Gasteiger partial charge in [-0.1, -0.05) is 11.8 Å². The summed E-state index contributed by atoms with van der Waals surface area (Å²) in [5.41, 5.74) is 4.42. The lowest BCUT2D eigenvalue weighted by Gasteiger charge is -2.09. The zero-order valence-electron chi connectivity index (χ0n) is 13.0. The molecule has 0 spiro atoms. The van der Waals surface area contributed by atoms with Crippen LogP contribution in [0.4, 0.5) is 5.95 Å². The van der Waals surface area contributed by atoms with Crippen LogP contribution in [0.5, 0.6) is 11.5 Å². The third-order valence-corrected chi connectivity index (χ3v) is 3.58. The van der Waals surface area contributed by atoms with Crippen molar-refractivity contribution in [3.05, 3.63) is 23.8 Å². The summed E-state index contributed by atoms with van der Waals surface area (Å²) in [6, 6.07) is 7.56. The van der Waals surface area contributed by atoms with E-state index in [1.807, 2.05) is 31.2 Å². The fourth-order valence-corrected chi connectivity index (χ4v) is 2.18. The zero-order valence-corrected chi connectivity index (χ0v) is 13.8. The highest BCUT2D eigenvalue weighted by molar-refractivity contribution is 7.99. The summed E-state index contributed by atoms with van der Waals surface area (Å²) in [4.78, 5) is 4.16. The molecule has 0 aliphatic carbocycles. The first-order valence-corrected chi connectivity index (χ1v) is 7.61. The van der Waals surface area contributed by atoms with Gasteiger partial charge < -0.3 is 9.47 Å². The number of anilines is 1. The van der Waals surface area contributed by atoms with E-state index in [4.69, 9.17) is 14.7 Å². The minimum Gasteiger partial charge on any atom is -0.493 e. The van der Waals surface area contributed by atoms with Gasteiger partial charge in [0.05, 0.1) is 31.8 Å². The fourth-order valence-electron chi connectivity index (χ4n) is 1.72. The predicted octanol–water partition coefficient (Wildman–Crippen LogP) is 2.27. The predicted molar refractivity (Wildman–Crippen MR) is 88.1 cm³/mol. The van der Waals surface area contributed by atoms with Crippen LogP contribution in [0.15, 0.2) is 28.5 Å². The molecule has 2 N–H and O–H groups in total. The van der Waals surface area contributed by atoms with Crippen LogP contribution < -0.4 is 14.9 Å². The lowest BCUT2D eigenvalue weighted by atomic mass is 10.1. The number of H-pyrrole nitrogens is 1. The lowest BCUT2D eigenvalue weighted by Crippen LogP contribution is -2.02. The summed E-state index contributed by atoms with van der Waals surface area (Å²) in [7, 11) is 3.17. The molecule has 120 valence electrons. The van der Waals surface area contributed by atoms with Gasteiger partial charge in [0.25, 0.3) is 0 Å². The van der Waals surface area contributed by atoms with E-state index in [1.165, 1.54) is 11.8 Å². The number of nitriles is 1. The molecule has 0 unspecified atom stereocenters. The first-order chi connectivity index (χ1) is 11.2. The third kappa shape index (κ3) is 4.37. The molecule has 8 nitrogen and oxygen atoms in total. The molecule has 0 fully saturated rings. The minimum atomic E-state index is 0.297. The number of benzene rings is 1. The Balaban J connectivity index is 2.08. The van der Waals surface area contributed by atoms with Gasteiger partial charge in [-0.15, -0.1) is 5.10 Å². The van der Waals surface area contributed by atoms with E-state index in [2.05, 4.69) is 25.7 Å². The van der Waals surface area contributed by atoms with Crippen molar-refractivity contribution < 1.29 is 9.47 Å². The summed E-state index contributed by atoms with van der Waals surface area (Å²) in [6.07, 6.45) is 0. The Bertz CT molecular complexity index is 737. The second kappa shape index (κ2) is 8.05. The monoisotopic (exact) mass is 332 g/mol. The van der Waals surface area contributed by atoms with Crippen LogP contribution in [0, 0.1) is 11.3 Å². The minimum absolute atomic E-state index is 0.297. The van der Waals surface area contributed by atoms with E-state index in [0.29, 0.717) is 28.4 Å². The summed E-state index contributed by atoms with van der Waals surface area (Å²) < 4.78 is 10.5. The molecule has 0 radical (unpaired) electrons. The van der Waals surface area contributed by atoms with Gasteiger partial charge in [0.2, 0.25) is 11.1 Å². The van der Waals surface area contributed by atoms with E-state index in [0.717, 1.165) is 11.3 Å². The Morgan fingerprint density at radius 3 is 2.87 bits per heavy atom. The van der Waals surface area contributed by atoms with E-state index in [9.17, 15) is 0 Å². The van der Waals surface area contributed by atoms with Gasteiger partial charge in [-0.05, 0) is 25.1 Å². The number of rotatable bonds is 7. The Kier molecular flexibility index (Phi) is 5.82. The molecule has 23 heavy (non-hydrogen) atoms. The van der Waals surface area contributed by atoms with Crippen molar-refractivity contribution >= 4 is 23.4 Å². The Morgan fingerprint density at radius 1 is 1.39 bits per heavy atom. The molecule has 0 saturated carbocycles. The first kappa shape index (κ1) is 16.6. The van der Waals surface area contributed by atoms with Crippen molar-refractivity contribution in [1.29, 1.82) is 5.26 Å². The molecule has 0 atom stereocenters. The van der Waals surface area contributed by atoms with E-state index >= 15 is 0 Å². The van der Waals surface area contributed by atoms with Crippen molar-refractivity contribution in [2.24, 2.45) is 5.10 Å². The molecule has 1 heterocycles. The number of hydrazone groups is 1. The number of nitrogens with zero attached hydrogens (tertiary/aromatic N) is 4. The van der Waals surface area contributed by atoms with Crippen LogP contribution in [0.25, 0.3) is 0 Å². The van der Waals surface area contributed by atoms with Gasteiger partial charge in [0, 0.05) is 5.56 Å². The molecule has 0 amide bonds. The van der Waals surface area contributed by atoms with Crippen LogP contribution in [-0.2, 0) is 0 Å². The zero-order chi connectivity index (χ0) is 16.7. The van der Waals surface area contributed by atoms with Gasteiger partial charge in [0.15, 0.2) is 11.5 Å². The summed E-state index contributed by atoms with van der Waals surface area (Å²) in [5, 5.41) is 19.9. The van der Waals surface area contributed by atoms with Crippen molar-refractivity contribution in [1.82, 2.24) is 15.2 Å². The summed E-state index contributed by atoms with van der Waals surface area (Å²) in [6.45, 7) is 1.86. The van der Waals surface area contributed by atoms with Crippen LogP contribution in [0.1, 0.15) is 12.5 Å². The van der Waals surface area contributed by atoms with Crippen LogP contribution in [0.3, 0.4) is 0 Å². The maximum absolute atomic E-state index is 8.52. The molecule has 9 heteroatoms. The van der Waals surface area contributed by atoms with Gasteiger partial charge in [-0.3, -0.25) is 0 Å². The summed E-state index contributed by atoms with van der Waals surface area (Å²) >= 11 is 1.25. The molecular formula is C14H16N6O2S. The van der Waals surface area contributed by atoms with E-state index in [-0.39, 0.29) is 0 Å². The van der Waals surface area contributed by atoms with Crippen molar-refractivity contribution in [3.63, 3.8) is 0 Å². The highest BCUT2D eigenvalue weighted by Crippen LogP contribution is 2.27. The quantitative estimate of drug-likeness (QED) is 0.455. The number of hydrogen-bond donors (Lipinski definition) is 2. The number of ether oxygens (including phenoxy) is 2. The van der Waals surface area contributed by atoms with E-state index < -0.39 is 0 Å². The summed E-state index contributed by atoms with van der Waals surface area (Å²) in [5.74, 6) is 2.00. The van der Waals surface area contributed by atoms with Crippen LogP contribution in [-0.4, -0.2) is 40.9 Å². The SMILES string of the molecule is COc1ccc(C(C)=NNc2nc(SCC#N)n[nH]2)cc1OC. The number of aromatic nitrogens is 3. The highest BCUT2D eigenvalue weighted by Gasteiger charge is 2.07. The van der Waals surface area contributed by atoms with Crippen LogP contribution in [0.2, 0.25) is 0 Å². The Labute approximate surface area is 137 Å². The molecule has 0 aliphatic heterocycles. The van der Waals surface area contributed by atoms with Crippen molar-refractivity contribution in [2.45, 2.75) is 12.1 Å². The normalized spacial score (nSPS) is 11.0. The van der Waals surface area contributed by atoms with Gasteiger partial charge >= 0.3 is 0 Å². The topological polar surface area (TPSA) is 108 Å². The average Bonchev–Trinajstić information content (AvgIpc) is 3.05. The number of hydrogen-bond acceptors (Lipinski definition) is 8. The maximum Gasteiger partial charge on any atom is 0.240 e. The first-order valence-electron chi connectivity index (χ1n) is 6.62. The molecule has 0 aliphatic rings. The molecular weight excluding hydrogens is 316 g/mol. The smallest absolute Gasteiger partial charge is 0.240 e. The molecule has 2 rings (SSSR count). The fraction of sp³-hybridized carbons (Fsp3) is 0.286. The second-order valence-electron chi connectivity index (χ2n) is 4.29. The van der Waals surface area contributed by atoms with Gasteiger partial charge in [-0.2, -0.15) is 15.3 Å². The number of thioether (sulfide) groups is 1. The van der Waals surface area contributed by atoms with E-state index in [1.54, 1.807) is 14.2 Å².